The number of rotatable bonds is 8. The van der Waals surface area contributed by atoms with Gasteiger partial charge in [0.05, 0.1) is 6.07 Å². The summed E-state index contributed by atoms with van der Waals surface area (Å²) in [5, 5.41) is 12.3. The minimum atomic E-state index is -0.814. The zero-order valence-electron chi connectivity index (χ0n) is 11.7. The van der Waals surface area contributed by atoms with E-state index in [0.717, 1.165) is 25.7 Å². The third-order valence-corrected chi connectivity index (χ3v) is 3.10. The number of hydrogen-bond acceptors (Lipinski definition) is 2. The molecule has 17 heavy (non-hydrogen) atoms. The monoisotopic (exact) mass is 238 g/mol. The van der Waals surface area contributed by atoms with E-state index < -0.39 is 5.41 Å². The minimum absolute atomic E-state index is 0.0790. The Morgan fingerprint density at radius 3 is 2.12 bits per heavy atom. The van der Waals surface area contributed by atoms with Crippen LogP contribution in [0.3, 0.4) is 0 Å². The highest BCUT2D eigenvalue weighted by atomic mass is 16.2. The summed E-state index contributed by atoms with van der Waals surface area (Å²) < 4.78 is 0. The SMILES string of the molecule is CCCC(C)NC(=O)C(C#N)(CCC)CCC. The van der Waals surface area contributed by atoms with Crippen LogP contribution in [0.1, 0.15) is 66.2 Å². The molecular weight excluding hydrogens is 212 g/mol. The topological polar surface area (TPSA) is 52.9 Å². The third kappa shape index (κ3) is 4.77. The van der Waals surface area contributed by atoms with Crippen molar-refractivity contribution in [3.63, 3.8) is 0 Å². The molecule has 0 aliphatic rings. The van der Waals surface area contributed by atoms with Crippen LogP contribution in [0.4, 0.5) is 0 Å². The number of amides is 1. The number of nitrogens with zero attached hydrogens (tertiary/aromatic N) is 1. The fourth-order valence-electron chi connectivity index (χ4n) is 2.24. The van der Waals surface area contributed by atoms with E-state index in [0.29, 0.717) is 12.8 Å². The number of hydrogen-bond donors (Lipinski definition) is 1. The highest BCUT2D eigenvalue weighted by molar-refractivity contribution is 5.85. The first-order chi connectivity index (χ1) is 8.06. The molecule has 0 saturated carbocycles. The normalized spacial score (nSPS) is 12.9. The molecule has 0 saturated heterocycles. The van der Waals surface area contributed by atoms with Crippen LogP contribution in [-0.2, 0) is 4.79 Å². The molecule has 98 valence electrons. The molecule has 0 radical (unpaired) electrons. The summed E-state index contributed by atoms with van der Waals surface area (Å²) in [5.41, 5.74) is -0.814. The summed E-state index contributed by atoms with van der Waals surface area (Å²) in [6, 6.07) is 2.41. The average Bonchev–Trinajstić information content (AvgIpc) is 2.28. The Hall–Kier alpha value is -1.04. The number of nitriles is 1. The van der Waals surface area contributed by atoms with Crippen LogP contribution in [0, 0.1) is 16.7 Å². The van der Waals surface area contributed by atoms with Gasteiger partial charge in [0.2, 0.25) is 5.91 Å². The maximum absolute atomic E-state index is 12.2. The molecular formula is C14H26N2O. The maximum atomic E-state index is 12.2. The summed E-state index contributed by atoms with van der Waals surface area (Å²) in [5.74, 6) is -0.0790. The van der Waals surface area contributed by atoms with Gasteiger partial charge in [0, 0.05) is 6.04 Å². The second-order valence-corrected chi connectivity index (χ2v) is 4.86. The van der Waals surface area contributed by atoms with E-state index in [-0.39, 0.29) is 11.9 Å². The molecule has 1 amide bonds. The van der Waals surface area contributed by atoms with Crippen LogP contribution in [0.5, 0.6) is 0 Å². The molecule has 0 heterocycles. The first-order valence-electron chi connectivity index (χ1n) is 6.78. The van der Waals surface area contributed by atoms with E-state index in [4.69, 9.17) is 0 Å². The van der Waals surface area contributed by atoms with Crippen molar-refractivity contribution in [1.29, 1.82) is 5.26 Å². The van der Waals surface area contributed by atoms with Gasteiger partial charge in [0.1, 0.15) is 5.41 Å². The first-order valence-corrected chi connectivity index (χ1v) is 6.78. The Balaban J connectivity index is 4.68. The molecule has 0 fully saturated rings. The van der Waals surface area contributed by atoms with Crippen LogP contribution in [0.15, 0.2) is 0 Å². The lowest BCUT2D eigenvalue weighted by molar-refractivity contribution is -0.129. The Morgan fingerprint density at radius 2 is 1.76 bits per heavy atom. The number of carbonyl (C=O) groups is 1. The molecule has 0 bridgehead atoms. The van der Waals surface area contributed by atoms with E-state index in [2.05, 4.69) is 18.3 Å². The Bertz CT molecular complexity index is 262. The van der Waals surface area contributed by atoms with Crippen molar-refractivity contribution in [2.24, 2.45) is 5.41 Å². The van der Waals surface area contributed by atoms with Gasteiger partial charge in [-0.3, -0.25) is 4.79 Å². The van der Waals surface area contributed by atoms with Crippen LogP contribution >= 0.6 is 0 Å². The zero-order chi connectivity index (χ0) is 13.3. The van der Waals surface area contributed by atoms with Crippen molar-refractivity contribution < 1.29 is 4.79 Å². The lowest BCUT2D eigenvalue weighted by atomic mass is 9.79. The van der Waals surface area contributed by atoms with Crippen LogP contribution in [-0.4, -0.2) is 11.9 Å². The summed E-state index contributed by atoms with van der Waals surface area (Å²) >= 11 is 0. The molecule has 0 aromatic carbocycles. The van der Waals surface area contributed by atoms with E-state index in [1.807, 2.05) is 20.8 Å². The van der Waals surface area contributed by atoms with Gasteiger partial charge in [-0.05, 0) is 26.2 Å². The highest BCUT2D eigenvalue weighted by Gasteiger charge is 2.37. The Morgan fingerprint density at radius 1 is 1.24 bits per heavy atom. The number of nitrogens with one attached hydrogen (secondary N) is 1. The Labute approximate surface area is 106 Å². The lowest BCUT2D eigenvalue weighted by Crippen LogP contribution is -2.44. The van der Waals surface area contributed by atoms with E-state index in [1.54, 1.807) is 0 Å². The maximum Gasteiger partial charge on any atom is 0.240 e. The van der Waals surface area contributed by atoms with Gasteiger partial charge >= 0.3 is 0 Å². The molecule has 1 N–H and O–H groups in total. The fraction of sp³-hybridized carbons (Fsp3) is 0.857. The number of carbonyl (C=O) groups excluding carboxylic acids is 1. The van der Waals surface area contributed by atoms with Gasteiger partial charge in [0.15, 0.2) is 0 Å². The van der Waals surface area contributed by atoms with E-state index >= 15 is 0 Å². The summed E-state index contributed by atoms with van der Waals surface area (Å²) in [7, 11) is 0. The lowest BCUT2D eigenvalue weighted by Gasteiger charge is -2.26. The average molecular weight is 238 g/mol. The van der Waals surface area contributed by atoms with Crippen molar-refractivity contribution in [2.75, 3.05) is 0 Å². The van der Waals surface area contributed by atoms with E-state index in [9.17, 15) is 10.1 Å². The Kier molecular flexibility index (Phi) is 7.61. The van der Waals surface area contributed by atoms with Crippen LogP contribution in [0.2, 0.25) is 0 Å². The van der Waals surface area contributed by atoms with Gasteiger partial charge < -0.3 is 5.32 Å². The third-order valence-electron chi connectivity index (χ3n) is 3.10. The van der Waals surface area contributed by atoms with Crippen LogP contribution < -0.4 is 5.32 Å². The van der Waals surface area contributed by atoms with Crippen molar-refractivity contribution in [2.45, 2.75) is 72.3 Å². The molecule has 0 aromatic heterocycles. The second-order valence-electron chi connectivity index (χ2n) is 4.86. The zero-order valence-corrected chi connectivity index (χ0v) is 11.7. The summed E-state index contributed by atoms with van der Waals surface area (Å²) in [6.07, 6.45) is 5.05. The van der Waals surface area contributed by atoms with Gasteiger partial charge in [-0.25, -0.2) is 0 Å². The highest BCUT2D eigenvalue weighted by Crippen LogP contribution is 2.29. The fourth-order valence-corrected chi connectivity index (χ4v) is 2.24. The van der Waals surface area contributed by atoms with Gasteiger partial charge in [0.25, 0.3) is 0 Å². The van der Waals surface area contributed by atoms with Crippen molar-refractivity contribution in [3.8, 4) is 6.07 Å². The van der Waals surface area contributed by atoms with Crippen molar-refractivity contribution in [3.05, 3.63) is 0 Å². The van der Waals surface area contributed by atoms with E-state index in [1.165, 1.54) is 0 Å². The second kappa shape index (κ2) is 8.11. The molecule has 1 unspecified atom stereocenters. The van der Waals surface area contributed by atoms with Gasteiger partial charge in [-0.2, -0.15) is 5.26 Å². The van der Waals surface area contributed by atoms with Crippen LogP contribution in [0.25, 0.3) is 0 Å². The predicted octanol–water partition coefficient (Wildman–Crippen LogP) is 3.40. The summed E-state index contributed by atoms with van der Waals surface area (Å²) in [4.78, 5) is 12.2. The summed E-state index contributed by atoms with van der Waals surface area (Å²) in [6.45, 7) is 8.13. The molecule has 0 spiro atoms. The largest absolute Gasteiger partial charge is 0.352 e. The first kappa shape index (κ1) is 16.0. The molecule has 3 nitrogen and oxygen atoms in total. The van der Waals surface area contributed by atoms with Gasteiger partial charge in [-0.1, -0.05) is 40.0 Å². The van der Waals surface area contributed by atoms with Crippen molar-refractivity contribution in [1.82, 2.24) is 5.32 Å². The molecule has 0 rings (SSSR count). The molecule has 0 aromatic rings. The van der Waals surface area contributed by atoms with Crippen molar-refractivity contribution >= 4 is 5.91 Å². The molecule has 0 aliphatic carbocycles. The molecule has 3 heteroatoms. The standard InChI is InChI=1S/C14H26N2O/c1-5-8-12(4)16-13(17)14(11-15,9-6-2)10-7-3/h12H,5-10H2,1-4H3,(H,16,17). The van der Waals surface area contributed by atoms with Gasteiger partial charge in [-0.15, -0.1) is 0 Å². The molecule has 1 atom stereocenters. The quantitative estimate of drug-likeness (QED) is 0.704. The predicted molar refractivity (Wildman–Crippen MR) is 70.4 cm³/mol. The smallest absolute Gasteiger partial charge is 0.240 e. The minimum Gasteiger partial charge on any atom is -0.352 e. The molecule has 0 aliphatic heterocycles.